The van der Waals surface area contributed by atoms with Crippen molar-refractivity contribution in [1.29, 1.82) is 0 Å². The van der Waals surface area contributed by atoms with E-state index in [2.05, 4.69) is 20.5 Å². The molecule has 0 fully saturated rings. The maximum Gasteiger partial charge on any atom is 0.224 e. The van der Waals surface area contributed by atoms with Crippen molar-refractivity contribution in [3.8, 4) is 5.75 Å². The fraction of sp³-hybridized carbons (Fsp3) is 0.619. The summed E-state index contributed by atoms with van der Waals surface area (Å²) in [5.74, 6) is 1.74. The minimum absolute atomic E-state index is 0. The van der Waals surface area contributed by atoms with Crippen LogP contribution in [0, 0.1) is 0 Å². The topological polar surface area (TPSA) is 69.2 Å². The molecule has 0 spiro atoms. The molecule has 29 heavy (non-hydrogen) atoms. The number of ether oxygens (including phenoxy) is 1. The van der Waals surface area contributed by atoms with Crippen LogP contribution in [0.15, 0.2) is 29.3 Å². The Labute approximate surface area is 193 Å². The predicted octanol–water partition coefficient (Wildman–Crippen LogP) is 2.56. The smallest absolute Gasteiger partial charge is 0.224 e. The van der Waals surface area contributed by atoms with Crippen LogP contribution in [-0.2, 0) is 11.3 Å². The number of hydrogen-bond donors (Lipinski definition) is 2. The number of nitrogens with zero attached hydrogens (tertiary/aromatic N) is 3. The molecule has 0 heterocycles. The normalized spacial score (nSPS) is 11.0. The van der Waals surface area contributed by atoms with E-state index in [1.807, 2.05) is 64.0 Å². The van der Waals surface area contributed by atoms with Crippen LogP contribution in [-0.4, -0.2) is 75.1 Å². The molecule has 0 bridgehead atoms. The zero-order valence-corrected chi connectivity index (χ0v) is 20.9. The maximum absolute atomic E-state index is 12.1. The van der Waals surface area contributed by atoms with Crippen LogP contribution in [0.3, 0.4) is 0 Å². The molecule has 166 valence electrons. The van der Waals surface area contributed by atoms with E-state index in [-0.39, 0.29) is 29.9 Å². The van der Waals surface area contributed by atoms with Crippen LogP contribution in [0.4, 0.5) is 0 Å². The maximum atomic E-state index is 12.1. The van der Waals surface area contributed by atoms with Gasteiger partial charge in [-0.15, -0.1) is 24.0 Å². The van der Waals surface area contributed by atoms with E-state index in [4.69, 9.17) is 4.74 Å². The average Bonchev–Trinajstić information content (AvgIpc) is 2.67. The molecular formula is C21H38IN5O2. The van der Waals surface area contributed by atoms with Crippen molar-refractivity contribution in [3.63, 3.8) is 0 Å². The number of nitrogens with one attached hydrogen (secondary N) is 2. The number of carbonyl (C=O) groups excluding carboxylic acids is 1. The minimum atomic E-state index is 0. The Morgan fingerprint density at radius 2 is 1.86 bits per heavy atom. The lowest BCUT2D eigenvalue weighted by molar-refractivity contribution is -0.130. The zero-order valence-electron chi connectivity index (χ0n) is 18.5. The number of halogens is 1. The fourth-order valence-corrected chi connectivity index (χ4v) is 2.61. The number of amides is 1. The van der Waals surface area contributed by atoms with E-state index < -0.39 is 0 Å². The van der Waals surface area contributed by atoms with Crippen LogP contribution in [0.5, 0.6) is 5.75 Å². The monoisotopic (exact) mass is 519 g/mol. The second-order valence-corrected chi connectivity index (χ2v) is 6.74. The van der Waals surface area contributed by atoms with Gasteiger partial charge in [-0.25, -0.2) is 4.99 Å². The summed E-state index contributed by atoms with van der Waals surface area (Å²) >= 11 is 0. The standard InChI is InChI=1S/C21H37N5O2.HI/c1-6-22-21(23-13-12-20(27)26(7-2)8-3)24-17-18-10-9-11-19(16-18)28-15-14-25(4)5;/h9-11,16H,6-8,12-15,17H2,1-5H3,(H2,22,23,24);1H. The summed E-state index contributed by atoms with van der Waals surface area (Å²) in [4.78, 5) is 20.7. The summed E-state index contributed by atoms with van der Waals surface area (Å²) < 4.78 is 5.78. The van der Waals surface area contributed by atoms with E-state index in [1.165, 1.54) is 0 Å². The molecule has 0 atom stereocenters. The van der Waals surface area contributed by atoms with Crippen molar-refractivity contribution >= 4 is 35.8 Å². The van der Waals surface area contributed by atoms with Gasteiger partial charge in [0.05, 0.1) is 6.54 Å². The quantitative estimate of drug-likeness (QED) is 0.253. The van der Waals surface area contributed by atoms with E-state index in [0.29, 0.717) is 32.1 Å². The van der Waals surface area contributed by atoms with E-state index in [0.717, 1.165) is 37.5 Å². The third-order valence-electron chi connectivity index (χ3n) is 4.22. The Hall–Kier alpha value is -1.55. The molecule has 0 aromatic heterocycles. The molecule has 0 aliphatic heterocycles. The molecule has 7 nitrogen and oxygen atoms in total. The Bertz CT molecular complexity index is 606. The van der Waals surface area contributed by atoms with Crippen LogP contribution in [0.1, 0.15) is 32.8 Å². The number of guanidine groups is 1. The Balaban J connectivity index is 0.00000784. The number of hydrogen-bond acceptors (Lipinski definition) is 4. The van der Waals surface area contributed by atoms with E-state index in [9.17, 15) is 4.79 Å². The molecule has 1 aromatic carbocycles. The number of likely N-dealkylation sites (N-methyl/N-ethyl adjacent to an activating group) is 1. The molecule has 0 saturated carbocycles. The minimum Gasteiger partial charge on any atom is -0.492 e. The van der Waals surface area contributed by atoms with Gasteiger partial charge < -0.3 is 25.2 Å². The summed E-state index contributed by atoms with van der Waals surface area (Å²) in [7, 11) is 4.05. The van der Waals surface area contributed by atoms with Gasteiger partial charge in [0.25, 0.3) is 0 Å². The Morgan fingerprint density at radius 3 is 2.48 bits per heavy atom. The Morgan fingerprint density at radius 1 is 1.14 bits per heavy atom. The van der Waals surface area contributed by atoms with Gasteiger partial charge in [0, 0.05) is 39.1 Å². The van der Waals surface area contributed by atoms with Crippen LogP contribution in [0.2, 0.25) is 0 Å². The second-order valence-electron chi connectivity index (χ2n) is 6.74. The van der Waals surface area contributed by atoms with Gasteiger partial charge >= 0.3 is 0 Å². The average molecular weight is 519 g/mol. The van der Waals surface area contributed by atoms with Crippen LogP contribution < -0.4 is 15.4 Å². The molecule has 0 unspecified atom stereocenters. The lowest BCUT2D eigenvalue weighted by Gasteiger charge is -2.19. The van der Waals surface area contributed by atoms with Crippen molar-refractivity contribution in [2.75, 3.05) is 53.4 Å². The van der Waals surface area contributed by atoms with Crippen molar-refractivity contribution in [3.05, 3.63) is 29.8 Å². The van der Waals surface area contributed by atoms with Gasteiger partial charge in [0.15, 0.2) is 5.96 Å². The van der Waals surface area contributed by atoms with E-state index >= 15 is 0 Å². The SMILES string of the molecule is CCNC(=NCc1cccc(OCCN(C)C)c1)NCCC(=O)N(CC)CC.I. The summed E-state index contributed by atoms with van der Waals surface area (Å²) in [6.45, 7) is 10.9. The number of benzene rings is 1. The Kier molecular flexibility index (Phi) is 15.4. The molecule has 0 aliphatic carbocycles. The number of carbonyl (C=O) groups is 1. The summed E-state index contributed by atoms with van der Waals surface area (Å²) in [6, 6.07) is 8.01. The number of aliphatic imine (C=N–C) groups is 1. The molecule has 0 radical (unpaired) electrons. The van der Waals surface area contributed by atoms with Gasteiger partial charge in [0.2, 0.25) is 5.91 Å². The first-order chi connectivity index (χ1) is 13.5. The van der Waals surface area contributed by atoms with Crippen molar-refractivity contribution in [1.82, 2.24) is 20.4 Å². The molecule has 1 aromatic rings. The molecule has 0 aliphatic rings. The van der Waals surface area contributed by atoms with Crippen molar-refractivity contribution < 1.29 is 9.53 Å². The lowest BCUT2D eigenvalue weighted by Crippen LogP contribution is -2.40. The molecule has 0 saturated heterocycles. The highest BCUT2D eigenvalue weighted by Crippen LogP contribution is 2.14. The largest absolute Gasteiger partial charge is 0.492 e. The highest BCUT2D eigenvalue weighted by molar-refractivity contribution is 14.0. The molecule has 1 amide bonds. The molecule has 1 rings (SSSR count). The first-order valence-corrected chi connectivity index (χ1v) is 10.2. The summed E-state index contributed by atoms with van der Waals surface area (Å²) in [6.07, 6.45) is 0.460. The van der Waals surface area contributed by atoms with Gasteiger partial charge in [-0.05, 0) is 52.6 Å². The van der Waals surface area contributed by atoms with Gasteiger partial charge in [-0.2, -0.15) is 0 Å². The molecular weight excluding hydrogens is 481 g/mol. The van der Waals surface area contributed by atoms with Crippen molar-refractivity contribution in [2.45, 2.75) is 33.7 Å². The van der Waals surface area contributed by atoms with Gasteiger partial charge in [0.1, 0.15) is 12.4 Å². The van der Waals surface area contributed by atoms with Crippen molar-refractivity contribution in [2.24, 2.45) is 4.99 Å². The third kappa shape index (κ3) is 11.9. The summed E-state index contributed by atoms with van der Waals surface area (Å²) in [5.41, 5.74) is 1.08. The zero-order chi connectivity index (χ0) is 20.8. The van der Waals surface area contributed by atoms with Crippen LogP contribution >= 0.6 is 24.0 Å². The summed E-state index contributed by atoms with van der Waals surface area (Å²) in [5, 5.41) is 6.46. The fourth-order valence-electron chi connectivity index (χ4n) is 2.61. The third-order valence-corrected chi connectivity index (χ3v) is 4.22. The predicted molar refractivity (Wildman–Crippen MR) is 131 cm³/mol. The van der Waals surface area contributed by atoms with E-state index in [1.54, 1.807) is 0 Å². The number of rotatable bonds is 12. The van der Waals surface area contributed by atoms with Gasteiger partial charge in [-0.3, -0.25) is 4.79 Å². The van der Waals surface area contributed by atoms with Gasteiger partial charge in [-0.1, -0.05) is 12.1 Å². The second kappa shape index (κ2) is 16.3. The highest BCUT2D eigenvalue weighted by Gasteiger charge is 2.09. The highest BCUT2D eigenvalue weighted by atomic mass is 127. The first kappa shape index (κ1) is 27.5. The molecule has 2 N–H and O–H groups in total. The lowest BCUT2D eigenvalue weighted by atomic mass is 10.2. The molecule has 8 heteroatoms. The first-order valence-electron chi connectivity index (χ1n) is 10.2. The van der Waals surface area contributed by atoms with Crippen LogP contribution in [0.25, 0.3) is 0 Å².